The molecule has 0 spiro atoms. The number of benzene rings is 1. The molecule has 1 aromatic carbocycles. The highest BCUT2D eigenvalue weighted by Gasteiger charge is 2.29. The molecule has 2 atom stereocenters. The van der Waals surface area contributed by atoms with Gasteiger partial charge in [0.15, 0.2) is 21.5 Å². The second-order valence-corrected chi connectivity index (χ2v) is 5.42. The van der Waals surface area contributed by atoms with Gasteiger partial charge in [-0.25, -0.2) is 4.79 Å². The molecule has 0 radical (unpaired) electrons. The molecule has 4 nitrogen and oxygen atoms in total. The molecular weight excluding hydrogens is 379 g/mol. The summed E-state index contributed by atoms with van der Waals surface area (Å²) in [5.41, 5.74) is 0.240. The Labute approximate surface area is 119 Å². The van der Waals surface area contributed by atoms with Crippen LogP contribution in [0.15, 0.2) is 12.1 Å². The lowest BCUT2D eigenvalue weighted by atomic mass is 10.2. The van der Waals surface area contributed by atoms with Crippen molar-refractivity contribution in [3.05, 3.63) is 22.7 Å². The fraction of sp³-hybridized carbons (Fsp3) is 0.300. The Kier molecular flexibility index (Phi) is 3.85. The Morgan fingerprint density at radius 1 is 1.29 bits per heavy atom. The minimum Gasteiger partial charge on any atom is -0.470 e. The standard InChI is InChI=1S/C10H7Br2ClO4/c1-15-10(14)4-2-6-7(3-5(4)13)17-9(12)8(11)16-6/h2-3,8-9H,1H3. The molecule has 2 rings (SSSR count). The van der Waals surface area contributed by atoms with Crippen molar-refractivity contribution in [2.75, 3.05) is 7.11 Å². The Balaban J connectivity index is 2.43. The predicted molar refractivity (Wildman–Crippen MR) is 69.5 cm³/mol. The highest BCUT2D eigenvalue weighted by molar-refractivity contribution is 9.12. The van der Waals surface area contributed by atoms with Gasteiger partial charge in [0.2, 0.25) is 0 Å². The minimum absolute atomic E-state index is 0.240. The van der Waals surface area contributed by atoms with Gasteiger partial charge in [0.05, 0.1) is 17.7 Å². The van der Waals surface area contributed by atoms with Gasteiger partial charge in [-0.1, -0.05) is 11.6 Å². The van der Waals surface area contributed by atoms with Gasteiger partial charge in [0.25, 0.3) is 0 Å². The second kappa shape index (κ2) is 5.04. The predicted octanol–water partition coefficient (Wildman–Crippen LogP) is 3.34. The highest BCUT2D eigenvalue weighted by atomic mass is 79.9. The lowest BCUT2D eigenvalue weighted by Crippen LogP contribution is -2.30. The van der Waals surface area contributed by atoms with Crippen LogP contribution in [0.25, 0.3) is 0 Å². The van der Waals surface area contributed by atoms with E-state index in [0.29, 0.717) is 11.5 Å². The first-order valence-corrected chi connectivity index (χ1v) is 6.77. The zero-order valence-electron chi connectivity index (χ0n) is 8.58. The summed E-state index contributed by atoms with van der Waals surface area (Å²) in [5.74, 6) is 0.390. The number of esters is 1. The van der Waals surface area contributed by atoms with E-state index in [0.717, 1.165) is 0 Å². The molecule has 17 heavy (non-hydrogen) atoms. The third-order valence-corrected chi connectivity index (χ3v) is 4.48. The van der Waals surface area contributed by atoms with Crippen LogP contribution in [-0.2, 0) is 4.74 Å². The summed E-state index contributed by atoms with van der Waals surface area (Å²) in [6.07, 6.45) is 0. The Bertz CT molecular complexity index is 466. The molecule has 1 heterocycles. The van der Waals surface area contributed by atoms with Crippen LogP contribution in [0.2, 0.25) is 5.02 Å². The summed E-state index contributed by atoms with van der Waals surface area (Å²) in [6.45, 7) is 0. The van der Waals surface area contributed by atoms with E-state index in [-0.39, 0.29) is 20.6 Å². The Morgan fingerprint density at radius 3 is 2.35 bits per heavy atom. The molecule has 0 saturated carbocycles. The SMILES string of the molecule is COC(=O)c1cc2c(cc1Cl)OC(Br)C(Br)O2. The molecule has 0 aromatic heterocycles. The van der Waals surface area contributed by atoms with Gasteiger partial charge in [0, 0.05) is 12.1 Å². The molecule has 1 aliphatic rings. The molecule has 0 aliphatic carbocycles. The van der Waals surface area contributed by atoms with E-state index in [1.165, 1.54) is 19.2 Å². The van der Waals surface area contributed by atoms with E-state index < -0.39 is 5.97 Å². The van der Waals surface area contributed by atoms with Crippen molar-refractivity contribution < 1.29 is 19.0 Å². The van der Waals surface area contributed by atoms with Crippen molar-refractivity contribution in [2.45, 2.75) is 10.0 Å². The van der Waals surface area contributed by atoms with E-state index in [9.17, 15) is 4.79 Å². The lowest BCUT2D eigenvalue weighted by molar-refractivity contribution is 0.0599. The van der Waals surface area contributed by atoms with Gasteiger partial charge >= 0.3 is 5.97 Å². The van der Waals surface area contributed by atoms with Crippen LogP contribution in [0.3, 0.4) is 0 Å². The van der Waals surface area contributed by atoms with E-state index in [1.807, 2.05) is 0 Å². The summed E-state index contributed by atoms with van der Waals surface area (Å²) in [6, 6.07) is 3.02. The zero-order chi connectivity index (χ0) is 12.6. The summed E-state index contributed by atoms with van der Waals surface area (Å²) in [7, 11) is 1.29. The first-order chi connectivity index (χ1) is 8.02. The first kappa shape index (κ1) is 13.0. The normalized spacial score (nSPS) is 22.1. The molecule has 0 saturated heterocycles. The Morgan fingerprint density at radius 2 is 1.82 bits per heavy atom. The monoisotopic (exact) mass is 384 g/mol. The molecule has 0 N–H and O–H groups in total. The number of halogens is 3. The number of ether oxygens (including phenoxy) is 3. The summed E-state index contributed by atoms with van der Waals surface area (Å²) >= 11 is 12.5. The summed E-state index contributed by atoms with van der Waals surface area (Å²) < 4.78 is 15.6. The lowest BCUT2D eigenvalue weighted by Gasteiger charge is -2.27. The van der Waals surface area contributed by atoms with Crippen LogP contribution in [0.5, 0.6) is 11.5 Å². The highest BCUT2D eigenvalue weighted by Crippen LogP contribution is 2.40. The zero-order valence-corrected chi connectivity index (χ0v) is 12.5. The maximum absolute atomic E-state index is 11.4. The molecule has 7 heteroatoms. The van der Waals surface area contributed by atoms with Gasteiger partial charge in [-0.05, 0) is 31.9 Å². The van der Waals surface area contributed by atoms with E-state index in [1.54, 1.807) is 0 Å². The van der Waals surface area contributed by atoms with E-state index in [2.05, 4.69) is 36.6 Å². The van der Waals surface area contributed by atoms with Gasteiger partial charge in [-0.3, -0.25) is 0 Å². The number of hydrogen-bond donors (Lipinski definition) is 0. The topological polar surface area (TPSA) is 44.8 Å². The molecule has 0 fully saturated rings. The first-order valence-electron chi connectivity index (χ1n) is 4.56. The fourth-order valence-corrected chi connectivity index (χ4v) is 2.18. The number of carbonyl (C=O) groups excluding carboxylic acids is 1. The molecule has 1 aliphatic heterocycles. The van der Waals surface area contributed by atoms with Crippen molar-refractivity contribution in [3.8, 4) is 11.5 Å². The van der Waals surface area contributed by atoms with E-state index >= 15 is 0 Å². The second-order valence-electron chi connectivity index (χ2n) is 3.21. The minimum atomic E-state index is -0.520. The molecule has 0 bridgehead atoms. The van der Waals surface area contributed by atoms with Crippen LogP contribution in [-0.4, -0.2) is 23.1 Å². The average Bonchev–Trinajstić information content (AvgIpc) is 2.30. The van der Waals surface area contributed by atoms with Crippen molar-refractivity contribution in [2.24, 2.45) is 0 Å². The van der Waals surface area contributed by atoms with Gasteiger partial charge in [0.1, 0.15) is 0 Å². The maximum atomic E-state index is 11.4. The van der Waals surface area contributed by atoms with Crippen LogP contribution in [0, 0.1) is 0 Å². The summed E-state index contributed by atoms with van der Waals surface area (Å²) in [5, 5.41) is -0.413. The van der Waals surface area contributed by atoms with Crippen molar-refractivity contribution in [3.63, 3.8) is 0 Å². The number of hydrogen-bond acceptors (Lipinski definition) is 4. The maximum Gasteiger partial charge on any atom is 0.339 e. The Hall–Kier alpha value is -0.460. The number of rotatable bonds is 1. The van der Waals surface area contributed by atoms with Crippen LogP contribution >= 0.6 is 43.5 Å². The van der Waals surface area contributed by atoms with Crippen molar-refractivity contribution >= 4 is 49.4 Å². The van der Waals surface area contributed by atoms with Crippen molar-refractivity contribution in [1.29, 1.82) is 0 Å². The van der Waals surface area contributed by atoms with Crippen LogP contribution in [0.1, 0.15) is 10.4 Å². The molecule has 2 unspecified atom stereocenters. The van der Waals surface area contributed by atoms with Crippen molar-refractivity contribution in [1.82, 2.24) is 0 Å². The van der Waals surface area contributed by atoms with Gasteiger partial charge < -0.3 is 14.2 Å². The average molecular weight is 386 g/mol. The largest absolute Gasteiger partial charge is 0.470 e. The number of carbonyl (C=O) groups is 1. The van der Waals surface area contributed by atoms with Gasteiger partial charge in [-0.15, -0.1) is 0 Å². The third kappa shape index (κ3) is 2.53. The quantitative estimate of drug-likeness (QED) is 0.549. The number of fused-ring (bicyclic) bond motifs is 1. The summed E-state index contributed by atoms with van der Waals surface area (Å²) in [4.78, 5) is 11.4. The molecule has 92 valence electrons. The number of alkyl halides is 2. The van der Waals surface area contributed by atoms with Gasteiger partial charge in [-0.2, -0.15) is 0 Å². The molecular formula is C10H7Br2ClO4. The third-order valence-electron chi connectivity index (χ3n) is 2.12. The van der Waals surface area contributed by atoms with Crippen LogP contribution in [0.4, 0.5) is 0 Å². The van der Waals surface area contributed by atoms with Crippen LogP contribution < -0.4 is 9.47 Å². The van der Waals surface area contributed by atoms with E-state index in [4.69, 9.17) is 21.1 Å². The molecule has 0 amide bonds. The smallest absolute Gasteiger partial charge is 0.339 e. The number of methoxy groups -OCH3 is 1. The molecule has 1 aromatic rings. The fourth-order valence-electron chi connectivity index (χ4n) is 1.34.